The van der Waals surface area contributed by atoms with Gasteiger partial charge in [-0.3, -0.25) is 4.79 Å². The molecule has 0 aliphatic carbocycles. The maximum Gasteiger partial charge on any atom is 0.224 e. The van der Waals surface area contributed by atoms with Crippen molar-refractivity contribution in [2.75, 3.05) is 19.7 Å². The van der Waals surface area contributed by atoms with Crippen molar-refractivity contribution < 1.29 is 14.6 Å². The molecule has 1 fully saturated rings. The van der Waals surface area contributed by atoms with Crippen molar-refractivity contribution in [2.45, 2.75) is 32.1 Å². The van der Waals surface area contributed by atoms with Gasteiger partial charge in [-0.05, 0) is 6.92 Å². The van der Waals surface area contributed by atoms with E-state index < -0.39 is 0 Å². The summed E-state index contributed by atoms with van der Waals surface area (Å²) in [7, 11) is 0. The Labute approximate surface area is 106 Å². The van der Waals surface area contributed by atoms with Crippen LogP contribution in [0.5, 0.6) is 0 Å². The molecule has 2 rings (SSSR count). The molecule has 2 heterocycles. The van der Waals surface area contributed by atoms with E-state index in [-0.39, 0.29) is 24.7 Å². The molecule has 1 aliphatic heterocycles. The van der Waals surface area contributed by atoms with E-state index >= 15 is 0 Å². The van der Waals surface area contributed by atoms with E-state index in [4.69, 9.17) is 9.84 Å². The van der Waals surface area contributed by atoms with Crippen LogP contribution in [0.15, 0.2) is 18.7 Å². The summed E-state index contributed by atoms with van der Waals surface area (Å²) in [4.78, 5) is 17.8. The van der Waals surface area contributed by atoms with Gasteiger partial charge in [-0.25, -0.2) is 4.98 Å². The standard InChI is InChI=1S/C12H19N3O3/c1-10-6-15(7-11(8-16)18-10)12(17)2-4-14-5-3-13-9-14/h3,5,9-11,16H,2,4,6-8H2,1H3. The number of aromatic nitrogens is 2. The van der Waals surface area contributed by atoms with Crippen molar-refractivity contribution in [1.29, 1.82) is 0 Å². The quantitative estimate of drug-likeness (QED) is 0.812. The molecule has 1 saturated heterocycles. The summed E-state index contributed by atoms with van der Waals surface area (Å²) in [5.41, 5.74) is 0. The lowest BCUT2D eigenvalue weighted by molar-refractivity contribution is -0.147. The zero-order valence-electron chi connectivity index (χ0n) is 10.5. The molecule has 1 N–H and O–H groups in total. The number of amides is 1. The third-order valence-corrected chi connectivity index (χ3v) is 3.03. The number of aliphatic hydroxyl groups excluding tert-OH is 1. The lowest BCUT2D eigenvalue weighted by Crippen LogP contribution is -2.50. The fourth-order valence-corrected chi connectivity index (χ4v) is 2.15. The van der Waals surface area contributed by atoms with E-state index in [1.165, 1.54) is 0 Å². The third-order valence-electron chi connectivity index (χ3n) is 3.03. The lowest BCUT2D eigenvalue weighted by atomic mass is 10.2. The summed E-state index contributed by atoms with van der Waals surface area (Å²) in [6, 6.07) is 0. The summed E-state index contributed by atoms with van der Waals surface area (Å²) in [5.74, 6) is 0.0947. The molecule has 0 bridgehead atoms. The summed E-state index contributed by atoms with van der Waals surface area (Å²) < 4.78 is 7.39. The van der Waals surface area contributed by atoms with Crippen LogP contribution in [-0.2, 0) is 16.1 Å². The van der Waals surface area contributed by atoms with Gasteiger partial charge in [0.1, 0.15) is 0 Å². The van der Waals surface area contributed by atoms with Crippen molar-refractivity contribution in [3.05, 3.63) is 18.7 Å². The number of rotatable bonds is 4. The molecular formula is C12H19N3O3. The number of hydrogen-bond donors (Lipinski definition) is 1. The van der Waals surface area contributed by atoms with Crippen molar-refractivity contribution in [2.24, 2.45) is 0 Å². The summed E-state index contributed by atoms with van der Waals surface area (Å²) >= 11 is 0. The van der Waals surface area contributed by atoms with Gasteiger partial charge in [-0.15, -0.1) is 0 Å². The molecule has 0 aromatic carbocycles. The summed E-state index contributed by atoms with van der Waals surface area (Å²) in [6.45, 7) is 3.57. The molecule has 1 aromatic heterocycles. The highest BCUT2D eigenvalue weighted by Crippen LogP contribution is 2.12. The number of carbonyl (C=O) groups excluding carboxylic acids is 1. The number of nitrogens with zero attached hydrogens (tertiary/aromatic N) is 3. The van der Waals surface area contributed by atoms with Gasteiger partial charge >= 0.3 is 0 Å². The van der Waals surface area contributed by atoms with Gasteiger partial charge in [-0.1, -0.05) is 0 Å². The molecule has 1 aromatic rings. The Bertz CT molecular complexity index is 380. The molecule has 2 unspecified atom stereocenters. The topological polar surface area (TPSA) is 67.6 Å². The SMILES string of the molecule is CC1CN(C(=O)CCn2ccnc2)CC(CO)O1. The van der Waals surface area contributed by atoms with Gasteiger partial charge in [0.2, 0.25) is 5.91 Å². The van der Waals surface area contributed by atoms with Crippen LogP contribution in [0.25, 0.3) is 0 Å². The predicted molar refractivity (Wildman–Crippen MR) is 64.8 cm³/mol. The van der Waals surface area contributed by atoms with Gasteiger partial charge in [0, 0.05) is 38.4 Å². The van der Waals surface area contributed by atoms with Crippen LogP contribution in [0.3, 0.4) is 0 Å². The van der Waals surface area contributed by atoms with Gasteiger partial charge in [-0.2, -0.15) is 0 Å². The number of imidazole rings is 1. The third kappa shape index (κ3) is 3.30. The fourth-order valence-electron chi connectivity index (χ4n) is 2.15. The van der Waals surface area contributed by atoms with E-state index in [0.29, 0.717) is 26.1 Å². The minimum Gasteiger partial charge on any atom is -0.394 e. The van der Waals surface area contributed by atoms with Gasteiger partial charge in [0.25, 0.3) is 0 Å². The Morgan fingerprint density at radius 3 is 3.06 bits per heavy atom. The van der Waals surface area contributed by atoms with Crippen LogP contribution in [0, 0.1) is 0 Å². The number of aryl methyl sites for hydroxylation is 1. The summed E-state index contributed by atoms with van der Waals surface area (Å²) in [6.07, 6.45) is 5.40. The van der Waals surface area contributed by atoms with E-state index in [1.807, 2.05) is 17.7 Å². The number of carbonyl (C=O) groups is 1. The van der Waals surface area contributed by atoms with Crippen molar-refractivity contribution >= 4 is 5.91 Å². The maximum absolute atomic E-state index is 12.1. The van der Waals surface area contributed by atoms with E-state index in [1.54, 1.807) is 17.4 Å². The molecule has 18 heavy (non-hydrogen) atoms. The second-order valence-corrected chi connectivity index (χ2v) is 4.60. The molecule has 6 nitrogen and oxygen atoms in total. The normalized spacial score (nSPS) is 24.2. The Balaban J connectivity index is 1.84. The molecule has 6 heteroatoms. The van der Waals surface area contributed by atoms with Crippen LogP contribution in [0.4, 0.5) is 0 Å². The van der Waals surface area contributed by atoms with Crippen LogP contribution in [0.1, 0.15) is 13.3 Å². The van der Waals surface area contributed by atoms with Crippen LogP contribution in [-0.4, -0.2) is 57.4 Å². The number of morpholine rings is 1. The smallest absolute Gasteiger partial charge is 0.224 e. The summed E-state index contributed by atoms with van der Waals surface area (Å²) in [5, 5.41) is 9.11. The molecular weight excluding hydrogens is 234 g/mol. The average Bonchev–Trinajstić information content (AvgIpc) is 2.88. The van der Waals surface area contributed by atoms with E-state index in [0.717, 1.165) is 0 Å². The Morgan fingerprint density at radius 2 is 2.39 bits per heavy atom. The average molecular weight is 253 g/mol. The predicted octanol–water partition coefficient (Wildman–Crippen LogP) is -0.119. The monoisotopic (exact) mass is 253 g/mol. The minimum absolute atomic E-state index is 0.0203. The fraction of sp³-hybridized carbons (Fsp3) is 0.667. The number of aliphatic hydroxyl groups is 1. The van der Waals surface area contributed by atoms with E-state index in [9.17, 15) is 4.79 Å². The molecule has 1 amide bonds. The highest BCUT2D eigenvalue weighted by Gasteiger charge is 2.27. The van der Waals surface area contributed by atoms with Crippen LogP contribution < -0.4 is 0 Å². The zero-order valence-corrected chi connectivity index (χ0v) is 10.5. The first-order valence-corrected chi connectivity index (χ1v) is 6.19. The Kier molecular flexibility index (Phi) is 4.33. The largest absolute Gasteiger partial charge is 0.394 e. The van der Waals surface area contributed by atoms with Gasteiger partial charge in [0.15, 0.2) is 0 Å². The highest BCUT2D eigenvalue weighted by molar-refractivity contribution is 5.76. The van der Waals surface area contributed by atoms with Gasteiger partial charge < -0.3 is 19.3 Å². The zero-order chi connectivity index (χ0) is 13.0. The van der Waals surface area contributed by atoms with Gasteiger partial charge in [0.05, 0.1) is 25.1 Å². The first kappa shape index (κ1) is 13.0. The van der Waals surface area contributed by atoms with Crippen LogP contribution >= 0.6 is 0 Å². The first-order chi connectivity index (χ1) is 8.69. The maximum atomic E-state index is 12.1. The molecule has 100 valence electrons. The van der Waals surface area contributed by atoms with Crippen LogP contribution in [0.2, 0.25) is 0 Å². The number of ether oxygens (including phenoxy) is 1. The molecule has 1 aliphatic rings. The highest BCUT2D eigenvalue weighted by atomic mass is 16.5. The second kappa shape index (κ2) is 5.97. The van der Waals surface area contributed by atoms with Crippen molar-refractivity contribution in [3.8, 4) is 0 Å². The molecule has 0 spiro atoms. The molecule has 0 saturated carbocycles. The van der Waals surface area contributed by atoms with E-state index in [2.05, 4.69) is 4.98 Å². The van der Waals surface area contributed by atoms with Crippen molar-refractivity contribution in [1.82, 2.24) is 14.5 Å². The minimum atomic E-state index is -0.258. The Morgan fingerprint density at radius 1 is 1.56 bits per heavy atom. The number of hydrogen-bond acceptors (Lipinski definition) is 4. The van der Waals surface area contributed by atoms with Crippen molar-refractivity contribution in [3.63, 3.8) is 0 Å². The lowest BCUT2D eigenvalue weighted by Gasteiger charge is -2.36. The molecule has 0 radical (unpaired) electrons. The first-order valence-electron chi connectivity index (χ1n) is 6.19. The Hall–Kier alpha value is -1.40. The second-order valence-electron chi connectivity index (χ2n) is 4.60. The molecule has 2 atom stereocenters.